The smallest absolute Gasteiger partial charge is 0.319 e. The van der Waals surface area contributed by atoms with Crippen LogP contribution in [-0.4, -0.2) is 12.2 Å². The van der Waals surface area contributed by atoms with E-state index in [1.165, 1.54) is 19.9 Å². The molecule has 0 aliphatic carbocycles. The Hall–Kier alpha value is -1.24. The van der Waals surface area contributed by atoms with E-state index in [2.05, 4.69) is 0 Å². The van der Waals surface area contributed by atoms with Gasteiger partial charge in [-0.1, -0.05) is 32.0 Å². The van der Waals surface area contributed by atoms with Crippen LogP contribution in [0.5, 0.6) is 0 Å². The number of hydrogen-bond acceptors (Lipinski definition) is 1. The molecule has 0 aliphatic heterocycles. The van der Waals surface area contributed by atoms with Gasteiger partial charge in [0.15, 0.2) is 0 Å². The first-order valence-electron chi connectivity index (χ1n) is 5.37. The van der Waals surface area contributed by atoms with E-state index in [0.29, 0.717) is 6.07 Å². The van der Waals surface area contributed by atoms with Crippen LogP contribution >= 0.6 is 0 Å². The van der Waals surface area contributed by atoms with Crippen molar-refractivity contribution in [2.45, 2.75) is 37.7 Å². The number of hydrogen-bond donors (Lipinski definition) is 1. The Kier molecular flexibility index (Phi) is 3.91. The predicted octanol–water partition coefficient (Wildman–Crippen LogP) is 3.87. The molecule has 19 heavy (non-hydrogen) atoms. The molecule has 0 aromatic heterocycles. The van der Waals surface area contributed by atoms with Gasteiger partial charge in [0, 0.05) is 5.41 Å². The monoisotopic (exact) mass is 285 g/mol. The second-order valence-corrected chi connectivity index (χ2v) is 4.82. The molecule has 1 aromatic rings. The maximum atomic E-state index is 12.6. The van der Waals surface area contributed by atoms with Crippen LogP contribution in [0.3, 0.4) is 0 Å². The zero-order valence-electron chi connectivity index (χ0n) is 10.2. The zero-order valence-corrected chi connectivity index (χ0v) is 10.2. The molecule has 1 rings (SSSR count). The minimum Gasteiger partial charge on any atom is -0.319 e. The van der Waals surface area contributed by atoms with Gasteiger partial charge in [-0.25, -0.2) is 0 Å². The Morgan fingerprint density at radius 1 is 0.947 bits per heavy atom. The highest BCUT2D eigenvalue weighted by Gasteiger charge is 2.47. The Labute approximate surface area is 106 Å². The van der Waals surface area contributed by atoms with Crippen molar-refractivity contribution >= 4 is 0 Å². The molecule has 1 atom stereocenters. The lowest BCUT2D eigenvalue weighted by molar-refractivity contribution is -0.160. The van der Waals surface area contributed by atoms with Crippen molar-refractivity contribution in [1.29, 1.82) is 0 Å². The molecular weight excluding hydrogens is 272 g/mol. The summed E-state index contributed by atoms with van der Waals surface area (Å²) in [6.45, 7) is 2.33. The van der Waals surface area contributed by atoms with E-state index in [1.807, 2.05) is 0 Å². The van der Waals surface area contributed by atoms with E-state index >= 15 is 0 Å². The van der Waals surface area contributed by atoms with Crippen LogP contribution in [0, 0.1) is 0 Å². The van der Waals surface area contributed by atoms with Crippen molar-refractivity contribution in [2.24, 2.45) is 5.73 Å². The van der Waals surface area contributed by atoms with Gasteiger partial charge in [-0.3, -0.25) is 0 Å². The summed E-state index contributed by atoms with van der Waals surface area (Å²) in [6.07, 6.45) is -9.29. The van der Waals surface area contributed by atoms with Gasteiger partial charge < -0.3 is 5.73 Å². The molecule has 0 fully saturated rings. The van der Waals surface area contributed by atoms with E-state index in [0.717, 1.165) is 12.1 Å². The van der Waals surface area contributed by atoms with Crippen LogP contribution in [0.25, 0.3) is 0 Å². The molecular formula is C12H13F6N. The number of halogens is 6. The number of nitrogens with two attached hydrogens (primary N) is 1. The van der Waals surface area contributed by atoms with E-state index in [1.54, 1.807) is 0 Å². The summed E-state index contributed by atoms with van der Waals surface area (Å²) in [4.78, 5) is 0. The molecule has 0 amide bonds. The highest BCUT2D eigenvalue weighted by molar-refractivity contribution is 5.32. The SMILES string of the molecule is CC(C)(c1cccc(C(F)(F)F)c1)C(N)C(F)(F)F. The Bertz CT molecular complexity index is 446. The highest BCUT2D eigenvalue weighted by Crippen LogP contribution is 2.37. The first-order chi connectivity index (χ1) is 8.37. The number of benzene rings is 1. The van der Waals surface area contributed by atoms with Crippen molar-refractivity contribution < 1.29 is 26.3 Å². The van der Waals surface area contributed by atoms with E-state index in [-0.39, 0.29) is 5.56 Å². The summed E-state index contributed by atoms with van der Waals surface area (Å²) in [6, 6.07) is 1.54. The third-order valence-electron chi connectivity index (χ3n) is 3.06. The third kappa shape index (κ3) is 3.40. The standard InChI is InChI=1S/C12H13F6N/c1-10(2,9(19)12(16,17)18)7-4-3-5-8(6-7)11(13,14)15/h3-6,9H,19H2,1-2H3. The van der Waals surface area contributed by atoms with Gasteiger partial charge in [0.2, 0.25) is 0 Å². The zero-order chi connectivity index (χ0) is 15.1. The lowest BCUT2D eigenvalue weighted by Crippen LogP contribution is -2.51. The van der Waals surface area contributed by atoms with Crippen molar-refractivity contribution in [1.82, 2.24) is 0 Å². The van der Waals surface area contributed by atoms with Crippen LogP contribution in [0.15, 0.2) is 24.3 Å². The summed E-state index contributed by atoms with van der Waals surface area (Å²) in [7, 11) is 0. The molecule has 0 heterocycles. The van der Waals surface area contributed by atoms with Crippen LogP contribution in [0.1, 0.15) is 25.0 Å². The molecule has 108 valence electrons. The molecule has 1 nitrogen and oxygen atoms in total. The minimum atomic E-state index is -4.68. The van der Waals surface area contributed by atoms with Gasteiger partial charge in [-0.2, -0.15) is 26.3 Å². The maximum absolute atomic E-state index is 12.6. The fourth-order valence-corrected chi connectivity index (χ4v) is 1.69. The fraction of sp³-hybridized carbons (Fsp3) is 0.500. The summed E-state index contributed by atoms with van der Waals surface area (Å²) in [5.74, 6) is 0. The molecule has 0 radical (unpaired) electrons. The quantitative estimate of drug-likeness (QED) is 0.820. The van der Waals surface area contributed by atoms with Crippen LogP contribution in [0.4, 0.5) is 26.3 Å². The van der Waals surface area contributed by atoms with Crippen LogP contribution in [-0.2, 0) is 11.6 Å². The molecule has 0 saturated carbocycles. The van der Waals surface area contributed by atoms with Crippen molar-refractivity contribution in [3.8, 4) is 0 Å². The molecule has 0 saturated heterocycles. The Morgan fingerprint density at radius 3 is 1.84 bits per heavy atom. The summed E-state index contributed by atoms with van der Waals surface area (Å²) in [5, 5.41) is 0. The lowest BCUT2D eigenvalue weighted by atomic mass is 9.77. The average Bonchev–Trinajstić information content (AvgIpc) is 2.26. The minimum absolute atomic E-state index is 0.104. The van der Waals surface area contributed by atoms with Gasteiger partial charge in [0.25, 0.3) is 0 Å². The van der Waals surface area contributed by atoms with Crippen molar-refractivity contribution in [3.05, 3.63) is 35.4 Å². The summed E-state index contributed by atoms with van der Waals surface area (Å²) in [5.41, 5.74) is 2.36. The summed E-state index contributed by atoms with van der Waals surface area (Å²) < 4.78 is 75.5. The largest absolute Gasteiger partial charge is 0.416 e. The van der Waals surface area contributed by atoms with E-state index in [4.69, 9.17) is 5.73 Å². The molecule has 0 bridgehead atoms. The Balaban J connectivity index is 3.23. The predicted molar refractivity (Wildman–Crippen MR) is 58.5 cm³/mol. The van der Waals surface area contributed by atoms with Crippen LogP contribution in [0.2, 0.25) is 0 Å². The second kappa shape index (κ2) is 4.70. The molecule has 7 heteroatoms. The first kappa shape index (κ1) is 15.8. The first-order valence-corrected chi connectivity index (χ1v) is 5.37. The molecule has 0 spiro atoms. The van der Waals surface area contributed by atoms with Gasteiger partial charge in [-0.15, -0.1) is 0 Å². The van der Waals surface area contributed by atoms with Crippen molar-refractivity contribution in [3.63, 3.8) is 0 Å². The van der Waals surface area contributed by atoms with Gasteiger partial charge in [0.05, 0.1) is 5.56 Å². The molecule has 2 N–H and O–H groups in total. The van der Waals surface area contributed by atoms with Crippen molar-refractivity contribution in [2.75, 3.05) is 0 Å². The third-order valence-corrected chi connectivity index (χ3v) is 3.06. The van der Waals surface area contributed by atoms with Gasteiger partial charge in [0.1, 0.15) is 6.04 Å². The molecule has 1 unspecified atom stereocenters. The lowest BCUT2D eigenvalue weighted by Gasteiger charge is -2.33. The second-order valence-electron chi connectivity index (χ2n) is 4.82. The normalized spacial score (nSPS) is 15.4. The molecule has 0 aliphatic rings. The van der Waals surface area contributed by atoms with E-state index < -0.39 is 29.4 Å². The fourth-order valence-electron chi connectivity index (χ4n) is 1.69. The highest BCUT2D eigenvalue weighted by atomic mass is 19.4. The Morgan fingerprint density at radius 2 is 1.42 bits per heavy atom. The number of alkyl halides is 6. The van der Waals surface area contributed by atoms with Gasteiger partial charge in [-0.05, 0) is 11.6 Å². The molecule has 1 aromatic carbocycles. The maximum Gasteiger partial charge on any atom is 0.416 e. The number of rotatable bonds is 2. The average molecular weight is 285 g/mol. The summed E-state index contributed by atoms with van der Waals surface area (Å²) >= 11 is 0. The van der Waals surface area contributed by atoms with Gasteiger partial charge >= 0.3 is 12.4 Å². The topological polar surface area (TPSA) is 26.0 Å². The van der Waals surface area contributed by atoms with Crippen LogP contribution < -0.4 is 5.73 Å². The van der Waals surface area contributed by atoms with E-state index in [9.17, 15) is 26.3 Å².